The zero-order valence-electron chi connectivity index (χ0n) is 7.10. The van der Waals surface area contributed by atoms with Crippen molar-refractivity contribution < 1.29 is 9.53 Å². The third-order valence-electron chi connectivity index (χ3n) is 1.34. The SMILES string of the molecule is CCCC[C@H](Cl)COC(C)=O. The highest BCUT2D eigenvalue weighted by atomic mass is 35.5. The molecule has 0 aromatic heterocycles. The van der Waals surface area contributed by atoms with Crippen molar-refractivity contribution in [3.63, 3.8) is 0 Å². The summed E-state index contributed by atoms with van der Waals surface area (Å²) in [6, 6.07) is 0. The number of alkyl halides is 1. The van der Waals surface area contributed by atoms with Crippen LogP contribution >= 0.6 is 11.6 Å². The molecule has 0 N–H and O–H groups in total. The molecule has 0 aliphatic rings. The van der Waals surface area contributed by atoms with Gasteiger partial charge in [0.25, 0.3) is 0 Å². The van der Waals surface area contributed by atoms with E-state index in [4.69, 9.17) is 16.3 Å². The van der Waals surface area contributed by atoms with E-state index in [-0.39, 0.29) is 11.3 Å². The summed E-state index contributed by atoms with van der Waals surface area (Å²) in [6.45, 7) is 3.84. The fourth-order valence-corrected chi connectivity index (χ4v) is 0.934. The van der Waals surface area contributed by atoms with Crippen LogP contribution in [0.4, 0.5) is 0 Å². The van der Waals surface area contributed by atoms with Crippen LogP contribution in [0.5, 0.6) is 0 Å². The molecule has 66 valence electrons. The minimum Gasteiger partial charge on any atom is -0.464 e. The predicted octanol–water partition coefficient (Wildman–Crippen LogP) is 2.35. The summed E-state index contributed by atoms with van der Waals surface area (Å²) in [5.41, 5.74) is 0. The van der Waals surface area contributed by atoms with Gasteiger partial charge in [-0.2, -0.15) is 0 Å². The second kappa shape index (κ2) is 6.47. The Bertz CT molecular complexity index is 115. The molecule has 0 unspecified atom stereocenters. The Morgan fingerprint density at radius 2 is 2.27 bits per heavy atom. The van der Waals surface area contributed by atoms with Crippen molar-refractivity contribution in [3.05, 3.63) is 0 Å². The van der Waals surface area contributed by atoms with Gasteiger partial charge in [0.05, 0.1) is 5.38 Å². The van der Waals surface area contributed by atoms with Crippen LogP contribution in [0.3, 0.4) is 0 Å². The summed E-state index contributed by atoms with van der Waals surface area (Å²) in [4.78, 5) is 10.3. The average Bonchev–Trinajstić information content (AvgIpc) is 1.97. The first-order valence-corrected chi connectivity index (χ1v) is 4.38. The van der Waals surface area contributed by atoms with Gasteiger partial charge in [0, 0.05) is 6.92 Å². The third-order valence-corrected chi connectivity index (χ3v) is 1.68. The Kier molecular flexibility index (Phi) is 6.33. The van der Waals surface area contributed by atoms with Crippen molar-refractivity contribution in [1.82, 2.24) is 0 Å². The smallest absolute Gasteiger partial charge is 0.302 e. The van der Waals surface area contributed by atoms with Crippen LogP contribution in [0.25, 0.3) is 0 Å². The van der Waals surface area contributed by atoms with Gasteiger partial charge in [-0.3, -0.25) is 4.79 Å². The lowest BCUT2D eigenvalue weighted by Crippen LogP contribution is -2.11. The van der Waals surface area contributed by atoms with Gasteiger partial charge in [-0.25, -0.2) is 0 Å². The Labute approximate surface area is 72.9 Å². The summed E-state index contributed by atoms with van der Waals surface area (Å²) in [5.74, 6) is -0.257. The molecule has 0 aromatic rings. The Morgan fingerprint density at radius 3 is 2.73 bits per heavy atom. The molecule has 0 fully saturated rings. The fourth-order valence-electron chi connectivity index (χ4n) is 0.717. The third kappa shape index (κ3) is 7.66. The van der Waals surface area contributed by atoms with E-state index in [2.05, 4.69) is 6.92 Å². The van der Waals surface area contributed by atoms with Gasteiger partial charge < -0.3 is 4.74 Å². The number of ether oxygens (including phenoxy) is 1. The molecule has 0 aromatic carbocycles. The van der Waals surface area contributed by atoms with Gasteiger partial charge in [-0.1, -0.05) is 19.8 Å². The van der Waals surface area contributed by atoms with E-state index < -0.39 is 0 Å². The molecule has 0 bridgehead atoms. The van der Waals surface area contributed by atoms with Gasteiger partial charge >= 0.3 is 5.97 Å². The molecule has 0 saturated heterocycles. The summed E-state index contributed by atoms with van der Waals surface area (Å²) in [7, 11) is 0. The Hall–Kier alpha value is -0.240. The molecular weight excluding hydrogens is 164 g/mol. The summed E-state index contributed by atoms with van der Waals surface area (Å²) >= 11 is 5.83. The monoisotopic (exact) mass is 178 g/mol. The van der Waals surface area contributed by atoms with Crippen LogP contribution in [0.1, 0.15) is 33.1 Å². The number of esters is 1. The molecule has 0 aliphatic heterocycles. The number of halogens is 1. The zero-order valence-corrected chi connectivity index (χ0v) is 7.86. The molecule has 0 aliphatic carbocycles. The molecule has 0 amide bonds. The van der Waals surface area contributed by atoms with Gasteiger partial charge in [-0.05, 0) is 6.42 Å². The van der Waals surface area contributed by atoms with Crippen molar-refractivity contribution >= 4 is 17.6 Å². The highest BCUT2D eigenvalue weighted by molar-refractivity contribution is 6.20. The first-order valence-electron chi connectivity index (χ1n) is 3.94. The van der Waals surface area contributed by atoms with Crippen molar-refractivity contribution in [2.45, 2.75) is 38.5 Å². The maximum Gasteiger partial charge on any atom is 0.302 e. The van der Waals surface area contributed by atoms with Gasteiger partial charge in [0.1, 0.15) is 6.61 Å². The van der Waals surface area contributed by atoms with Crippen LogP contribution in [0, 0.1) is 0 Å². The van der Waals surface area contributed by atoms with Crippen LogP contribution in [-0.2, 0) is 9.53 Å². The molecule has 2 nitrogen and oxygen atoms in total. The Balaban J connectivity index is 3.22. The van der Waals surface area contributed by atoms with E-state index in [1.54, 1.807) is 0 Å². The lowest BCUT2D eigenvalue weighted by Gasteiger charge is -2.07. The van der Waals surface area contributed by atoms with E-state index in [1.165, 1.54) is 6.92 Å². The zero-order chi connectivity index (χ0) is 8.69. The first kappa shape index (κ1) is 10.8. The van der Waals surface area contributed by atoms with Crippen LogP contribution < -0.4 is 0 Å². The maximum absolute atomic E-state index is 10.3. The van der Waals surface area contributed by atoms with E-state index in [0.29, 0.717) is 6.61 Å². The van der Waals surface area contributed by atoms with E-state index in [9.17, 15) is 4.79 Å². The molecule has 3 heteroatoms. The van der Waals surface area contributed by atoms with Crippen molar-refractivity contribution in [2.75, 3.05) is 6.61 Å². The van der Waals surface area contributed by atoms with Gasteiger partial charge in [-0.15, -0.1) is 11.6 Å². The fraction of sp³-hybridized carbons (Fsp3) is 0.875. The normalized spacial score (nSPS) is 12.6. The van der Waals surface area contributed by atoms with E-state index in [0.717, 1.165) is 19.3 Å². The number of unbranched alkanes of at least 4 members (excludes halogenated alkanes) is 1. The number of rotatable bonds is 5. The molecule has 0 saturated carbocycles. The molecule has 0 heterocycles. The second-order valence-electron chi connectivity index (χ2n) is 2.54. The number of carbonyl (C=O) groups is 1. The number of carbonyl (C=O) groups excluding carboxylic acids is 1. The molecular formula is C8H15ClO2. The summed E-state index contributed by atoms with van der Waals surface area (Å²) < 4.78 is 4.73. The number of hydrogen-bond donors (Lipinski definition) is 0. The van der Waals surface area contributed by atoms with Crippen molar-refractivity contribution in [3.8, 4) is 0 Å². The maximum atomic E-state index is 10.3. The summed E-state index contributed by atoms with van der Waals surface area (Å²) in [6.07, 6.45) is 3.14. The van der Waals surface area contributed by atoms with Crippen LogP contribution in [-0.4, -0.2) is 18.0 Å². The molecule has 1 atom stereocenters. The van der Waals surface area contributed by atoms with E-state index >= 15 is 0 Å². The minimum absolute atomic E-state index is 0.0150. The highest BCUT2D eigenvalue weighted by Gasteiger charge is 2.04. The standard InChI is InChI=1S/C8H15ClO2/c1-3-4-5-8(9)6-11-7(2)10/h8H,3-6H2,1-2H3/t8-/m0/s1. The van der Waals surface area contributed by atoms with Crippen LogP contribution in [0.15, 0.2) is 0 Å². The average molecular weight is 179 g/mol. The minimum atomic E-state index is -0.257. The number of hydrogen-bond acceptors (Lipinski definition) is 2. The first-order chi connectivity index (χ1) is 5.16. The largest absolute Gasteiger partial charge is 0.464 e. The van der Waals surface area contributed by atoms with Gasteiger partial charge in [0.2, 0.25) is 0 Å². The quantitative estimate of drug-likeness (QED) is 0.477. The molecule has 0 radical (unpaired) electrons. The Morgan fingerprint density at radius 1 is 1.64 bits per heavy atom. The summed E-state index contributed by atoms with van der Waals surface area (Å²) in [5, 5.41) is -0.0150. The highest BCUT2D eigenvalue weighted by Crippen LogP contribution is 2.07. The van der Waals surface area contributed by atoms with Crippen molar-refractivity contribution in [2.24, 2.45) is 0 Å². The van der Waals surface area contributed by atoms with Gasteiger partial charge in [0.15, 0.2) is 0 Å². The van der Waals surface area contributed by atoms with Crippen LogP contribution in [0.2, 0.25) is 0 Å². The predicted molar refractivity (Wildman–Crippen MR) is 45.8 cm³/mol. The van der Waals surface area contributed by atoms with E-state index in [1.807, 2.05) is 0 Å². The molecule has 0 rings (SSSR count). The lowest BCUT2D eigenvalue weighted by atomic mass is 10.2. The molecule has 0 spiro atoms. The lowest BCUT2D eigenvalue weighted by molar-refractivity contribution is -0.140. The van der Waals surface area contributed by atoms with Crippen molar-refractivity contribution in [1.29, 1.82) is 0 Å². The second-order valence-corrected chi connectivity index (χ2v) is 3.16. The molecule has 11 heavy (non-hydrogen) atoms. The topological polar surface area (TPSA) is 26.3 Å².